The van der Waals surface area contributed by atoms with Crippen LogP contribution in [0.25, 0.3) is 0 Å². The van der Waals surface area contributed by atoms with Crippen molar-refractivity contribution in [2.45, 2.75) is 26.7 Å². The highest BCUT2D eigenvalue weighted by atomic mass is 127. The monoisotopic (exact) mass is 338 g/mol. The van der Waals surface area contributed by atoms with Crippen LogP contribution in [0.15, 0.2) is 0 Å². The van der Waals surface area contributed by atoms with Crippen molar-refractivity contribution < 1.29 is 0 Å². The van der Waals surface area contributed by atoms with Crippen LogP contribution in [0.5, 0.6) is 0 Å². The highest BCUT2D eigenvalue weighted by Crippen LogP contribution is 1.69. The molecule has 0 fully saturated rings. The van der Waals surface area contributed by atoms with E-state index in [1.165, 1.54) is 0 Å². The van der Waals surface area contributed by atoms with Gasteiger partial charge in [0.05, 0.1) is 0 Å². The van der Waals surface area contributed by atoms with Gasteiger partial charge in [0.2, 0.25) is 0 Å². The fourth-order valence-electron chi connectivity index (χ4n) is 0.250. The first-order chi connectivity index (χ1) is 2.91. The lowest BCUT2D eigenvalue weighted by Crippen LogP contribution is -1.52. The lowest BCUT2D eigenvalue weighted by atomic mass is 10.4. The van der Waals surface area contributed by atoms with Crippen LogP contribution in [0.4, 0.5) is 0 Å². The Morgan fingerprint density at radius 2 is 1.12 bits per heavy atom. The van der Waals surface area contributed by atoms with Gasteiger partial charge in [-0.3, -0.25) is 0 Å². The predicted molar refractivity (Wildman–Crippen MR) is 59.2 cm³/mol. The average molecular weight is 338 g/mol. The second-order valence-electron chi connectivity index (χ2n) is 1.06. The van der Waals surface area contributed by atoms with E-state index in [4.69, 9.17) is 0 Å². The summed E-state index contributed by atoms with van der Waals surface area (Å²) in [5, 5.41) is 0. The van der Waals surface area contributed by atoms with Gasteiger partial charge in [0, 0.05) is 12.8 Å². The largest absolute Gasteiger partial charge is 0.107 e. The molecule has 50 valence electrons. The van der Waals surface area contributed by atoms with Gasteiger partial charge in [-0.2, -0.15) is 0 Å². The molecule has 0 aromatic rings. The van der Waals surface area contributed by atoms with Crippen molar-refractivity contribution in [1.82, 2.24) is 0 Å². The van der Waals surface area contributed by atoms with Crippen molar-refractivity contribution in [2.24, 2.45) is 0 Å². The minimum Gasteiger partial charge on any atom is -0.107 e. The smallest absolute Gasteiger partial charge is 0.00602 e. The molecule has 0 unspecified atom stereocenters. The predicted octanol–water partition coefficient (Wildman–Crippen LogP) is 3.05. The second-order valence-corrected chi connectivity index (χ2v) is 1.06. The Morgan fingerprint density at radius 3 is 1.25 bits per heavy atom. The van der Waals surface area contributed by atoms with E-state index in [0.717, 1.165) is 12.8 Å². The Balaban J connectivity index is -0.000000125. The molecule has 0 amide bonds. The molecule has 0 saturated carbocycles. The zero-order valence-electron chi connectivity index (χ0n) is 5.23. The van der Waals surface area contributed by atoms with E-state index in [2.05, 4.69) is 25.7 Å². The third-order valence-electron chi connectivity index (χ3n) is 0.479. The van der Waals surface area contributed by atoms with Crippen LogP contribution in [-0.4, -0.2) is 0 Å². The van der Waals surface area contributed by atoms with Crippen LogP contribution in [0.1, 0.15) is 26.7 Å². The average Bonchev–Trinajstić information content (AvgIpc) is 1.61. The first kappa shape index (κ1) is 16.0. The fourth-order valence-corrected chi connectivity index (χ4v) is 0.250. The summed E-state index contributed by atoms with van der Waals surface area (Å²) in [6.45, 7) is 4.12. The molecule has 0 atom stereocenters. The number of halogens is 2. The first-order valence-corrected chi connectivity index (χ1v) is 2.37. The molecule has 2 heteroatoms. The molecular weight excluding hydrogens is 326 g/mol. The molecule has 0 saturated heterocycles. The van der Waals surface area contributed by atoms with E-state index in [-0.39, 0.29) is 48.0 Å². The summed E-state index contributed by atoms with van der Waals surface area (Å²) in [5.41, 5.74) is 0. The van der Waals surface area contributed by atoms with E-state index in [0.29, 0.717) is 0 Å². The minimum absolute atomic E-state index is 0. The molecule has 0 aromatic carbocycles. The van der Waals surface area contributed by atoms with Crippen molar-refractivity contribution in [3.63, 3.8) is 0 Å². The topological polar surface area (TPSA) is 0 Å². The summed E-state index contributed by atoms with van der Waals surface area (Å²) in [7, 11) is 0. The summed E-state index contributed by atoms with van der Waals surface area (Å²) in [6, 6.07) is 0. The summed E-state index contributed by atoms with van der Waals surface area (Å²) in [4.78, 5) is 0. The Labute approximate surface area is 85.9 Å². The van der Waals surface area contributed by atoms with Crippen molar-refractivity contribution in [2.75, 3.05) is 0 Å². The highest BCUT2D eigenvalue weighted by Gasteiger charge is 1.56. The van der Waals surface area contributed by atoms with Gasteiger partial charge in [0.15, 0.2) is 0 Å². The molecule has 8 heavy (non-hydrogen) atoms. The molecule has 0 spiro atoms. The van der Waals surface area contributed by atoms with Crippen LogP contribution in [0.3, 0.4) is 0 Å². The third-order valence-corrected chi connectivity index (χ3v) is 0.479. The Kier molecular flexibility index (Phi) is 31.4. The maximum atomic E-state index is 2.95. The highest BCUT2D eigenvalue weighted by molar-refractivity contribution is 14.0. The van der Waals surface area contributed by atoms with Crippen LogP contribution in [0.2, 0.25) is 0 Å². The normalized spacial score (nSPS) is 4.75. The summed E-state index contributed by atoms with van der Waals surface area (Å²) in [5.74, 6) is 5.90. The van der Waals surface area contributed by atoms with Gasteiger partial charge in [-0.25, -0.2) is 0 Å². The van der Waals surface area contributed by atoms with E-state index in [9.17, 15) is 0 Å². The molecular formula is C6H12I2. The van der Waals surface area contributed by atoms with Gasteiger partial charge in [-0.1, -0.05) is 13.8 Å². The standard InChI is InChI=1S/C6H10.2HI/c1-3-5-6-4-2;;/h3-4H2,1-2H3;2*1H. The van der Waals surface area contributed by atoms with Gasteiger partial charge >= 0.3 is 0 Å². The second kappa shape index (κ2) is 15.7. The fraction of sp³-hybridized carbons (Fsp3) is 0.667. The van der Waals surface area contributed by atoms with Gasteiger partial charge < -0.3 is 0 Å². The van der Waals surface area contributed by atoms with Crippen LogP contribution >= 0.6 is 48.0 Å². The molecule has 0 bridgehead atoms. The molecule has 0 N–H and O–H groups in total. The lowest BCUT2D eigenvalue weighted by Gasteiger charge is -1.65. The van der Waals surface area contributed by atoms with Crippen molar-refractivity contribution >= 4 is 48.0 Å². The maximum Gasteiger partial charge on any atom is 0.00602 e. The van der Waals surface area contributed by atoms with Crippen LogP contribution in [-0.2, 0) is 0 Å². The van der Waals surface area contributed by atoms with E-state index < -0.39 is 0 Å². The molecule has 0 aliphatic heterocycles. The van der Waals surface area contributed by atoms with E-state index in [1.54, 1.807) is 0 Å². The van der Waals surface area contributed by atoms with E-state index >= 15 is 0 Å². The molecule has 0 aromatic heterocycles. The molecule has 0 rings (SSSR count). The summed E-state index contributed by atoms with van der Waals surface area (Å²) in [6.07, 6.45) is 1.99. The summed E-state index contributed by atoms with van der Waals surface area (Å²) < 4.78 is 0. The summed E-state index contributed by atoms with van der Waals surface area (Å²) >= 11 is 0. The molecule has 0 nitrogen and oxygen atoms in total. The molecule has 0 radical (unpaired) electrons. The number of hydrogen-bond donors (Lipinski definition) is 0. The lowest BCUT2D eigenvalue weighted by molar-refractivity contribution is 1.23. The molecule has 0 aliphatic rings. The van der Waals surface area contributed by atoms with Crippen molar-refractivity contribution in [3.8, 4) is 11.8 Å². The van der Waals surface area contributed by atoms with Gasteiger partial charge in [-0.15, -0.1) is 59.8 Å². The first-order valence-electron chi connectivity index (χ1n) is 2.37. The Morgan fingerprint density at radius 1 is 0.875 bits per heavy atom. The number of hydrogen-bond acceptors (Lipinski definition) is 0. The SMILES string of the molecule is CCC#CCC.I.I. The minimum atomic E-state index is 0. The Bertz CT molecular complexity index is 60.3. The van der Waals surface area contributed by atoms with Gasteiger partial charge in [0.25, 0.3) is 0 Å². The quantitative estimate of drug-likeness (QED) is 0.471. The van der Waals surface area contributed by atoms with Crippen molar-refractivity contribution in [1.29, 1.82) is 0 Å². The Hall–Kier alpha value is 1.02. The third kappa shape index (κ3) is 15.7. The van der Waals surface area contributed by atoms with Gasteiger partial charge in [-0.05, 0) is 0 Å². The maximum absolute atomic E-state index is 2.95. The molecule has 0 aliphatic carbocycles. The zero-order valence-corrected chi connectivity index (χ0v) is 9.89. The van der Waals surface area contributed by atoms with Gasteiger partial charge in [0.1, 0.15) is 0 Å². The van der Waals surface area contributed by atoms with Crippen LogP contribution in [0, 0.1) is 11.8 Å². The zero-order chi connectivity index (χ0) is 4.83. The van der Waals surface area contributed by atoms with Crippen LogP contribution < -0.4 is 0 Å². The molecule has 0 heterocycles. The van der Waals surface area contributed by atoms with Crippen molar-refractivity contribution in [3.05, 3.63) is 0 Å². The van der Waals surface area contributed by atoms with E-state index in [1.807, 2.05) is 0 Å². The number of rotatable bonds is 0.